The Labute approximate surface area is 210 Å². The van der Waals surface area contributed by atoms with Gasteiger partial charge in [0.1, 0.15) is 0 Å². The van der Waals surface area contributed by atoms with Crippen LogP contribution in [0.2, 0.25) is 0 Å². The second kappa shape index (κ2) is 13.3. The molecule has 7 nitrogen and oxygen atoms in total. The molecule has 1 unspecified atom stereocenters. The molecule has 180 valence electrons. The largest absolute Gasteiger partial charge is 0.390 e. The molecule has 2 heterocycles. The normalized spacial score (nSPS) is 18.7. The van der Waals surface area contributed by atoms with Crippen LogP contribution in [0.1, 0.15) is 44.7 Å². The van der Waals surface area contributed by atoms with Gasteiger partial charge in [0.2, 0.25) is 5.91 Å². The predicted octanol–water partition coefficient (Wildman–Crippen LogP) is 2.23. The molecule has 2 aliphatic rings. The summed E-state index contributed by atoms with van der Waals surface area (Å²) in [6.07, 6.45) is 2.37. The van der Waals surface area contributed by atoms with Gasteiger partial charge in [-0.2, -0.15) is 0 Å². The third-order valence-electron chi connectivity index (χ3n) is 6.12. The van der Waals surface area contributed by atoms with Gasteiger partial charge in [-0.15, -0.1) is 24.0 Å². The highest BCUT2D eigenvalue weighted by Crippen LogP contribution is 2.18. The topological polar surface area (TPSA) is 80.2 Å². The van der Waals surface area contributed by atoms with Crippen LogP contribution in [0.15, 0.2) is 29.3 Å². The number of carbonyl (C=O) groups is 1. The van der Waals surface area contributed by atoms with Gasteiger partial charge in [-0.3, -0.25) is 14.7 Å². The molecular formula is C24H40IN5O2. The zero-order valence-electron chi connectivity index (χ0n) is 19.7. The lowest BCUT2D eigenvalue weighted by Crippen LogP contribution is -2.50. The van der Waals surface area contributed by atoms with Gasteiger partial charge in [0.25, 0.3) is 0 Å². The first-order valence-corrected chi connectivity index (χ1v) is 11.8. The number of carbonyl (C=O) groups excluding carboxylic acids is 1. The van der Waals surface area contributed by atoms with Gasteiger partial charge in [-0.1, -0.05) is 38.1 Å². The fourth-order valence-corrected chi connectivity index (χ4v) is 4.39. The number of guanidine groups is 1. The van der Waals surface area contributed by atoms with Crippen molar-refractivity contribution in [1.82, 2.24) is 20.4 Å². The number of benzene rings is 1. The minimum Gasteiger partial charge on any atom is -0.390 e. The maximum Gasteiger partial charge on any atom is 0.225 e. The van der Waals surface area contributed by atoms with Crippen LogP contribution >= 0.6 is 24.0 Å². The number of likely N-dealkylation sites (tertiary alicyclic amines) is 1. The molecule has 3 rings (SSSR count). The van der Waals surface area contributed by atoms with Gasteiger partial charge >= 0.3 is 0 Å². The van der Waals surface area contributed by atoms with Crippen LogP contribution in [0.25, 0.3) is 0 Å². The van der Waals surface area contributed by atoms with Gasteiger partial charge in [0.15, 0.2) is 5.96 Å². The molecule has 0 aromatic heterocycles. The van der Waals surface area contributed by atoms with Crippen molar-refractivity contribution >= 4 is 35.8 Å². The summed E-state index contributed by atoms with van der Waals surface area (Å²) in [6, 6.07) is 8.86. The number of aliphatic hydroxyl groups is 1. The summed E-state index contributed by atoms with van der Waals surface area (Å²) in [5.74, 6) is 1.04. The summed E-state index contributed by atoms with van der Waals surface area (Å²) in [5.41, 5.74) is 2.78. The van der Waals surface area contributed by atoms with Crippen molar-refractivity contribution in [3.63, 3.8) is 0 Å². The molecule has 0 radical (unpaired) electrons. The Morgan fingerprint density at radius 1 is 1.19 bits per heavy atom. The molecular weight excluding hydrogens is 517 g/mol. The number of hydrogen-bond donors (Lipinski definition) is 3. The van der Waals surface area contributed by atoms with Crippen LogP contribution in [0.5, 0.6) is 0 Å². The van der Waals surface area contributed by atoms with Crippen molar-refractivity contribution in [3.8, 4) is 0 Å². The summed E-state index contributed by atoms with van der Waals surface area (Å²) in [4.78, 5) is 21.1. The third-order valence-corrected chi connectivity index (χ3v) is 6.12. The van der Waals surface area contributed by atoms with Gasteiger partial charge in [0, 0.05) is 51.2 Å². The molecule has 32 heavy (non-hydrogen) atoms. The first kappa shape index (κ1) is 26.9. The lowest BCUT2D eigenvalue weighted by molar-refractivity contribution is -0.135. The highest BCUT2D eigenvalue weighted by molar-refractivity contribution is 14.0. The first-order valence-electron chi connectivity index (χ1n) is 11.8. The van der Waals surface area contributed by atoms with E-state index < -0.39 is 6.10 Å². The number of amides is 1. The molecule has 1 saturated heterocycles. The minimum absolute atomic E-state index is 0. The van der Waals surface area contributed by atoms with Crippen LogP contribution in [0, 0.1) is 5.92 Å². The Kier molecular flexibility index (Phi) is 11.2. The van der Waals surface area contributed by atoms with E-state index in [-0.39, 0.29) is 35.8 Å². The number of rotatable bonds is 7. The van der Waals surface area contributed by atoms with E-state index in [2.05, 4.69) is 44.8 Å². The van der Waals surface area contributed by atoms with Crippen LogP contribution in [-0.4, -0.2) is 78.2 Å². The van der Waals surface area contributed by atoms with Crippen molar-refractivity contribution in [2.24, 2.45) is 10.9 Å². The number of fused-ring (bicyclic) bond motifs is 1. The van der Waals surface area contributed by atoms with Crippen LogP contribution in [0.3, 0.4) is 0 Å². The molecule has 0 spiro atoms. The van der Waals surface area contributed by atoms with Crippen LogP contribution < -0.4 is 10.6 Å². The molecule has 0 bridgehead atoms. The third kappa shape index (κ3) is 7.88. The molecule has 1 aromatic carbocycles. The Balaban J connectivity index is 0.00000363. The summed E-state index contributed by atoms with van der Waals surface area (Å²) in [6.45, 7) is 11.2. The predicted molar refractivity (Wildman–Crippen MR) is 140 cm³/mol. The molecule has 0 aliphatic carbocycles. The van der Waals surface area contributed by atoms with Crippen molar-refractivity contribution in [3.05, 3.63) is 35.4 Å². The number of nitrogens with zero attached hydrogens (tertiary/aromatic N) is 3. The Hall–Kier alpha value is -1.39. The van der Waals surface area contributed by atoms with Gasteiger partial charge < -0.3 is 20.6 Å². The Morgan fingerprint density at radius 3 is 2.53 bits per heavy atom. The van der Waals surface area contributed by atoms with E-state index in [0.717, 1.165) is 57.9 Å². The van der Waals surface area contributed by atoms with Crippen LogP contribution in [0.4, 0.5) is 0 Å². The highest BCUT2D eigenvalue weighted by Gasteiger charge is 2.25. The number of β-amino-alcohol motifs (C(OH)–C–C–N with tert-alkyl or cyclic N) is 1. The fraction of sp³-hybridized carbons (Fsp3) is 0.667. The van der Waals surface area contributed by atoms with E-state index in [1.807, 2.05) is 25.7 Å². The fourth-order valence-electron chi connectivity index (χ4n) is 4.39. The molecule has 1 fully saturated rings. The van der Waals surface area contributed by atoms with Crippen LogP contribution in [-0.2, 0) is 17.8 Å². The number of halogens is 1. The van der Waals surface area contributed by atoms with E-state index in [9.17, 15) is 9.90 Å². The molecule has 3 N–H and O–H groups in total. The van der Waals surface area contributed by atoms with E-state index in [4.69, 9.17) is 0 Å². The maximum atomic E-state index is 12.2. The molecule has 1 amide bonds. The van der Waals surface area contributed by atoms with Crippen molar-refractivity contribution < 1.29 is 9.90 Å². The second-order valence-electron chi connectivity index (χ2n) is 9.03. The molecule has 1 aromatic rings. The number of nitrogens with one attached hydrogen (secondary N) is 2. The molecule has 2 aliphatic heterocycles. The summed E-state index contributed by atoms with van der Waals surface area (Å²) in [7, 11) is 0. The molecule has 1 atom stereocenters. The minimum atomic E-state index is -0.494. The highest BCUT2D eigenvalue weighted by atomic mass is 127. The van der Waals surface area contributed by atoms with Crippen molar-refractivity contribution in [2.45, 2.75) is 58.7 Å². The lowest BCUT2D eigenvalue weighted by atomic mass is 10.00. The van der Waals surface area contributed by atoms with E-state index in [0.29, 0.717) is 19.1 Å². The van der Waals surface area contributed by atoms with Gasteiger partial charge in [-0.05, 0) is 37.3 Å². The molecule has 8 heteroatoms. The second-order valence-corrected chi connectivity index (χ2v) is 9.03. The first-order chi connectivity index (χ1) is 15.0. The van der Waals surface area contributed by atoms with Crippen molar-refractivity contribution in [2.75, 3.05) is 39.3 Å². The van der Waals surface area contributed by atoms with Gasteiger partial charge in [-0.25, -0.2) is 0 Å². The molecule has 0 saturated carbocycles. The summed E-state index contributed by atoms with van der Waals surface area (Å²) >= 11 is 0. The van der Waals surface area contributed by atoms with E-state index in [1.54, 1.807) is 0 Å². The Morgan fingerprint density at radius 2 is 1.88 bits per heavy atom. The van der Waals surface area contributed by atoms with Crippen molar-refractivity contribution in [1.29, 1.82) is 0 Å². The van der Waals surface area contributed by atoms with E-state index >= 15 is 0 Å². The number of hydrogen-bond acceptors (Lipinski definition) is 4. The monoisotopic (exact) mass is 557 g/mol. The maximum absolute atomic E-state index is 12.2. The SMILES string of the molecule is CCNC(=NCC(O)CN1CCc2ccccc2C1)NC1CCN(C(=O)C(C)C)CC1.I. The average Bonchev–Trinajstić information content (AvgIpc) is 2.77. The zero-order chi connectivity index (χ0) is 22.2. The standard InChI is InChI=1S/C24H39N5O2.HI/c1-4-25-24(27-21-10-13-29(14-11-21)23(31)18(2)3)26-15-22(30)17-28-12-9-19-7-5-6-8-20(19)16-28;/h5-8,18,21-22,30H,4,9-17H2,1-3H3,(H2,25,26,27);1H. The average molecular weight is 558 g/mol. The quantitative estimate of drug-likeness (QED) is 0.272. The number of aliphatic imine (C=N–C) groups is 1. The summed E-state index contributed by atoms with van der Waals surface area (Å²) < 4.78 is 0. The number of aliphatic hydroxyl groups excluding tert-OH is 1. The lowest BCUT2D eigenvalue weighted by Gasteiger charge is -2.34. The zero-order valence-corrected chi connectivity index (χ0v) is 22.0. The Bertz CT molecular complexity index is 750. The van der Waals surface area contributed by atoms with Gasteiger partial charge in [0.05, 0.1) is 12.6 Å². The van der Waals surface area contributed by atoms with E-state index in [1.165, 1.54) is 11.1 Å². The summed E-state index contributed by atoms with van der Waals surface area (Å²) in [5, 5.41) is 17.4. The smallest absolute Gasteiger partial charge is 0.225 e. The number of piperidine rings is 1.